The number of urea groups is 1. The number of aliphatic hydroxyl groups excluding tert-OH is 1. The molecule has 3 atom stereocenters. The lowest BCUT2D eigenvalue weighted by atomic mass is 9.95. The molecule has 3 unspecified atom stereocenters. The van der Waals surface area contributed by atoms with Gasteiger partial charge < -0.3 is 24.8 Å². The van der Waals surface area contributed by atoms with Crippen molar-refractivity contribution < 1.29 is 19.4 Å². The van der Waals surface area contributed by atoms with Crippen LogP contribution < -0.4 is 14.8 Å². The first-order chi connectivity index (χ1) is 11.0. The minimum Gasteiger partial charge on any atom is -0.496 e. The van der Waals surface area contributed by atoms with Crippen molar-refractivity contribution in [1.29, 1.82) is 0 Å². The zero-order valence-corrected chi connectivity index (χ0v) is 13.8. The molecule has 0 radical (unpaired) electrons. The van der Waals surface area contributed by atoms with E-state index in [-0.39, 0.29) is 12.6 Å². The summed E-state index contributed by atoms with van der Waals surface area (Å²) in [6.07, 6.45) is 0.394. The van der Waals surface area contributed by atoms with Gasteiger partial charge in [-0.15, -0.1) is 0 Å². The van der Waals surface area contributed by atoms with Crippen LogP contribution in [0.3, 0.4) is 0 Å². The van der Waals surface area contributed by atoms with E-state index in [2.05, 4.69) is 12.2 Å². The van der Waals surface area contributed by atoms with Crippen LogP contribution >= 0.6 is 0 Å². The highest BCUT2D eigenvalue weighted by Crippen LogP contribution is 2.39. The van der Waals surface area contributed by atoms with Gasteiger partial charge in [0.2, 0.25) is 0 Å². The van der Waals surface area contributed by atoms with Gasteiger partial charge in [0.05, 0.1) is 27.3 Å². The summed E-state index contributed by atoms with van der Waals surface area (Å²) in [5.74, 6) is 2.58. The van der Waals surface area contributed by atoms with Crippen molar-refractivity contribution in [2.24, 2.45) is 11.8 Å². The Labute approximate surface area is 136 Å². The molecule has 6 nitrogen and oxygen atoms in total. The molecule has 1 saturated carbocycles. The van der Waals surface area contributed by atoms with E-state index in [0.29, 0.717) is 42.0 Å². The summed E-state index contributed by atoms with van der Waals surface area (Å²) in [4.78, 5) is 14.0. The Morgan fingerprint density at radius 1 is 1.35 bits per heavy atom. The molecular weight excluding hydrogens is 296 g/mol. The van der Waals surface area contributed by atoms with Crippen LogP contribution in [0.2, 0.25) is 0 Å². The third kappa shape index (κ3) is 3.08. The molecule has 0 bridgehead atoms. The van der Waals surface area contributed by atoms with Crippen LogP contribution in [0.1, 0.15) is 30.6 Å². The van der Waals surface area contributed by atoms with Gasteiger partial charge >= 0.3 is 6.03 Å². The van der Waals surface area contributed by atoms with Crippen molar-refractivity contribution in [2.45, 2.75) is 26.0 Å². The van der Waals surface area contributed by atoms with Gasteiger partial charge in [0.15, 0.2) is 0 Å². The number of amides is 2. The number of carbonyl (C=O) groups is 1. The highest BCUT2D eigenvalue weighted by molar-refractivity contribution is 5.75. The Kier molecular flexibility index (Phi) is 4.35. The number of rotatable bonds is 4. The standard InChI is InChI=1S/C17H24N2O4/c1-10-6-11(10)7-18-17(21)19-8-12-14(22-2)4-5-15(23-3)16(12)13(20)9-19/h4-5,10-11,13,20H,6-9H2,1-3H3,(H,18,21). The van der Waals surface area contributed by atoms with E-state index >= 15 is 0 Å². The highest BCUT2D eigenvalue weighted by atomic mass is 16.5. The number of nitrogens with one attached hydrogen (secondary N) is 1. The van der Waals surface area contributed by atoms with Gasteiger partial charge in [-0.2, -0.15) is 0 Å². The maximum atomic E-state index is 12.4. The van der Waals surface area contributed by atoms with E-state index in [9.17, 15) is 9.90 Å². The number of nitrogens with zero attached hydrogens (tertiary/aromatic N) is 1. The molecule has 1 fully saturated rings. The van der Waals surface area contributed by atoms with Crippen LogP contribution in [0, 0.1) is 11.8 Å². The molecule has 23 heavy (non-hydrogen) atoms. The van der Waals surface area contributed by atoms with Crippen LogP contribution in [-0.4, -0.2) is 43.3 Å². The van der Waals surface area contributed by atoms with Crippen molar-refractivity contribution in [2.75, 3.05) is 27.3 Å². The molecule has 2 aliphatic rings. The number of β-amino-alcohol motifs (C(OH)–C–C–N with tert-alkyl or cyclic N) is 1. The lowest BCUT2D eigenvalue weighted by Gasteiger charge is -2.34. The molecule has 0 aromatic heterocycles. The zero-order valence-electron chi connectivity index (χ0n) is 13.8. The summed E-state index contributed by atoms with van der Waals surface area (Å²) < 4.78 is 10.7. The first-order valence-corrected chi connectivity index (χ1v) is 7.99. The molecule has 0 saturated heterocycles. The van der Waals surface area contributed by atoms with Gasteiger partial charge in [-0.1, -0.05) is 6.92 Å². The molecule has 1 aromatic carbocycles. The molecule has 1 aliphatic heterocycles. The minimum absolute atomic E-state index is 0.140. The SMILES string of the molecule is COc1ccc(OC)c2c1CN(C(=O)NCC1CC1C)CC2O. The van der Waals surface area contributed by atoms with Crippen molar-refractivity contribution in [3.8, 4) is 11.5 Å². The molecular formula is C17H24N2O4. The summed E-state index contributed by atoms with van der Waals surface area (Å²) in [5.41, 5.74) is 1.52. The topological polar surface area (TPSA) is 71.0 Å². The first-order valence-electron chi connectivity index (χ1n) is 7.99. The summed E-state index contributed by atoms with van der Waals surface area (Å²) in [6, 6.07) is 3.45. The number of ether oxygens (including phenoxy) is 2. The van der Waals surface area contributed by atoms with E-state index in [1.807, 2.05) is 0 Å². The molecule has 6 heteroatoms. The third-order valence-electron chi connectivity index (χ3n) is 4.87. The van der Waals surface area contributed by atoms with Gasteiger partial charge in [-0.3, -0.25) is 0 Å². The van der Waals surface area contributed by atoms with Gasteiger partial charge in [-0.25, -0.2) is 4.79 Å². The average molecular weight is 320 g/mol. The maximum absolute atomic E-state index is 12.4. The Morgan fingerprint density at radius 3 is 2.61 bits per heavy atom. The molecule has 1 aromatic rings. The molecule has 2 amide bonds. The van der Waals surface area contributed by atoms with Gasteiger partial charge in [0, 0.05) is 17.7 Å². The molecule has 1 heterocycles. The van der Waals surface area contributed by atoms with Crippen LogP contribution in [-0.2, 0) is 6.54 Å². The van der Waals surface area contributed by atoms with Crippen LogP contribution in [0.4, 0.5) is 4.79 Å². The predicted octanol–water partition coefficient (Wildman–Crippen LogP) is 1.92. The smallest absolute Gasteiger partial charge is 0.317 e. The second kappa shape index (κ2) is 6.28. The van der Waals surface area contributed by atoms with Crippen molar-refractivity contribution in [1.82, 2.24) is 10.2 Å². The number of benzene rings is 1. The minimum atomic E-state index is -0.783. The number of hydrogen-bond acceptors (Lipinski definition) is 4. The molecule has 2 N–H and O–H groups in total. The fourth-order valence-electron chi connectivity index (χ4n) is 3.24. The van der Waals surface area contributed by atoms with E-state index < -0.39 is 6.10 Å². The second-order valence-electron chi connectivity index (χ2n) is 6.42. The van der Waals surface area contributed by atoms with E-state index in [1.165, 1.54) is 6.42 Å². The normalized spacial score (nSPS) is 25.6. The Bertz CT molecular complexity index is 605. The first kappa shape index (κ1) is 15.9. The summed E-state index contributed by atoms with van der Waals surface area (Å²) in [6.45, 7) is 3.55. The summed E-state index contributed by atoms with van der Waals surface area (Å²) >= 11 is 0. The number of methoxy groups -OCH3 is 2. The molecule has 126 valence electrons. The Hall–Kier alpha value is -1.95. The van der Waals surface area contributed by atoms with E-state index in [0.717, 1.165) is 5.56 Å². The van der Waals surface area contributed by atoms with E-state index in [1.54, 1.807) is 31.3 Å². The number of hydrogen-bond donors (Lipinski definition) is 2. The van der Waals surface area contributed by atoms with Crippen molar-refractivity contribution >= 4 is 6.03 Å². The van der Waals surface area contributed by atoms with Crippen molar-refractivity contribution in [3.05, 3.63) is 23.3 Å². The largest absolute Gasteiger partial charge is 0.496 e. The van der Waals surface area contributed by atoms with Gasteiger partial charge in [0.25, 0.3) is 0 Å². The number of carbonyl (C=O) groups excluding carboxylic acids is 1. The van der Waals surface area contributed by atoms with E-state index in [4.69, 9.17) is 9.47 Å². The predicted molar refractivity (Wildman–Crippen MR) is 85.6 cm³/mol. The number of fused-ring (bicyclic) bond motifs is 1. The number of aliphatic hydroxyl groups is 1. The Balaban J connectivity index is 1.77. The van der Waals surface area contributed by atoms with Crippen LogP contribution in [0.25, 0.3) is 0 Å². The quantitative estimate of drug-likeness (QED) is 0.889. The average Bonchev–Trinajstić information content (AvgIpc) is 3.26. The fourth-order valence-corrected chi connectivity index (χ4v) is 3.24. The lowest BCUT2D eigenvalue weighted by molar-refractivity contribution is 0.100. The van der Waals surface area contributed by atoms with Crippen LogP contribution in [0.5, 0.6) is 11.5 Å². The molecule has 0 spiro atoms. The Morgan fingerprint density at radius 2 is 2.00 bits per heavy atom. The monoisotopic (exact) mass is 320 g/mol. The molecule has 3 rings (SSSR count). The molecule has 1 aliphatic carbocycles. The lowest BCUT2D eigenvalue weighted by Crippen LogP contribution is -2.45. The third-order valence-corrected chi connectivity index (χ3v) is 4.87. The maximum Gasteiger partial charge on any atom is 0.317 e. The van der Waals surface area contributed by atoms with Crippen molar-refractivity contribution in [3.63, 3.8) is 0 Å². The van der Waals surface area contributed by atoms with Gasteiger partial charge in [0.1, 0.15) is 17.6 Å². The summed E-state index contributed by atoms with van der Waals surface area (Å²) in [7, 11) is 3.16. The van der Waals surface area contributed by atoms with Gasteiger partial charge in [-0.05, 0) is 30.4 Å². The zero-order chi connectivity index (χ0) is 16.6. The highest BCUT2D eigenvalue weighted by Gasteiger charge is 2.35. The second-order valence-corrected chi connectivity index (χ2v) is 6.42. The summed E-state index contributed by atoms with van der Waals surface area (Å²) in [5, 5.41) is 13.5. The van der Waals surface area contributed by atoms with Crippen LogP contribution in [0.15, 0.2) is 12.1 Å². The fraction of sp³-hybridized carbons (Fsp3) is 0.588.